The molecule has 2 aromatic rings. The SMILES string of the molecule is CC(=O)C1(c2ccccc2C)CCN(C(=O)COc2ccc(Cl)cc2Cl)CC1. The lowest BCUT2D eigenvalue weighted by Gasteiger charge is -2.41. The first-order chi connectivity index (χ1) is 13.3. The van der Waals surface area contributed by atoms with Gasteiger partial charge in [-0.25, -0.2) is 0 Å². The number of hydrogen-bond donors (Lipinski definition) is 0. The zero-order chi connectivity index (χ0) is 20.3. The molecule has 1 amide bonds. The molecule has 0 bridgehead atoms. The van der Waals surface area contributed by atoms with Crippen LogP contribution in [0.2, 0.25) is 10.0 Å². The third kappa shape index (κ3) is 4.18. The van der Waals surface area contributed by atoms with Crippen LogP contribution in [-0.4, -0.2) is 36.3 Å². The highest BCUT2D eigenvalue weighted by atomic mass is 35.5. The smallest absolute Gasteiger partial charge is 0.260 e. The molecule has 0 radical (unpaired) electrons. The summed E-state index contributed by atoms with van der Waals surface area (Å²) in [5, 5.41) is 0.880. The van der Waals surface area contributed by atoms with Crippen LogP contribution in [0.3, 0.4) is 0 Å². The second kappa shape index (κ2) is 8.54. The van der Waals surface area contributed by atoms with E-state index in [-0.39, 0.29) is 18.3 Å². The van der Waals surface area contributed by atoms with E-state index in [2.05, 4.69) is 0 Å². The summed E-state index contributed by atoms with van der Waals surface area (Å²) in [4.78, 5) is 26.9. The number of ether oxygens (including phenoxy) is 1. The Kier molecular flexibility index (Phi) is 6.31. The Morgan fingerprint density at radius 3 is 2.39 bits per heavy atom. The first-order valence-corrected chi connectivity index (χ1v) is 10.0. The molecule has 1 fully saturated rings. The van der Waals surface area contributed by atoms with Crippen LogP contribution < -0.4 is 4.74 Å². The van der Waals surface area contributed by atoms with Gasteiger partial charge in [-0.1, -0.05) is 47.5 Å². The fourth-order valence-electron chi connectivity index (χ4n) is 3.88. The third-order valence-corrected chi connectivity index (χ3v) is 6.08. The Morgan fingerprint density at radius 2 is 1.79 bits per heavy atom. The van der Waals surface area contributed by atoms with Gasteiger partial charge in [0, 0.05) is 18.1 Å². The number of nitrogens with zero attached hydrogens (tertiary/aromatic N) is 1. The molecule has 2 aromatic carbocycles. The van der Waals surface area contributed by atoms with Crippen LogP contribution in [0.25, 0.3) is 0 Å². The average molecular weight is 420 g/mol. The molecule has 0 aromatic heterocycles. The molecule has 3 rings (SSSR count). The summed E-state index contributed by atoms with van der Waals surface area (Å²) in [5.41, 5.74) is 1.65. The minimum Gasteiger partial charge on any atom is -0.482 e. The van der Waals surface area contributed by atoms with Gasteiger partial charge in [0.15, 0.2) is 6.61 Å². The summed E-state index contributed by atoms with van der Waals surface area (Å²) in [6.45, 7) is 4.62. The van der Waals surface area contributed by atoms with E-state index in [1.165, 1.54) is 0 Å². The minimum absolute atomic E-state index is 0.0984. The molecular formula is C22H23Cl2NO3. The van der Waals surface area contributed by atoms with Gasteiger partial charge < -0.3 is 9.64 Å². The predicted molar refractivity (Wildman–Crippen MR) is 111 cm³/mol. The Hall–Kier alpha value is -2.04. The van der Waals surface area contributed by atoms with Gasteiger partial charge in [-0.2, -0.15) is 0 Å². The van der Waals surface area contributed by atoms with Gasteiger partial charge in [-0.05, 0) is 56.0 Å². The fraction of sp³-hybridized carbons (Fsp3) is 0.364. The molecule has 0 saturated carbocycles. The van der Waals surface area contributed by atoms with Crippen molar-refractivity contribution in [1.82, 2.24) is 4.90 Å². The number of piperidine rings is 1. The number of carbonyl (C=O) groups is 2. The standard InChI is InChI=1S/C22H23Cl2NO3/c1-15-5-3-4-6-18(15)22(16(2)26)9-11-25(12-10-22)21(27)14-28-20-8-7-17(23)13-19(20)24/h3-8,13H,9-12,14H2,1-2H3. The van der Waals surface area contributed by atoms with E-state index in [0.717, 1.165) is 11.1 Å². The maximum absolute atomic E-state index is 12.6. The van der Waals surface area contributed by atoms with E-state index < -0.39 is 5.41 Å². The van der Waals surface area contributed by atoms with Crippen LogP contribution in [-0.2, 0) is 15.0 Å². The maximum atomic E-state index is 12.6. The van der Waals surface area contributed by atoms with Crippen molar-refractivity contribution < 1.29 is 14.3 Å². The summed E-state index contributed by atoms with van der Waals surface area (Å²) < 4.78 is 5.56. The molecular weight excluding hydrogens is 397 g/mol. The number of amides is 1. The lowest BCUT2D eigenvalue weighted by Crippen LogP contribution is -2.49. The van der Waals surface area contributed by atoms with E-state index in [1.807, 2.05) is 31.2 Å². The van der Waals surface area contributed by atoms with Crippen molar-refractivity contribution in [3.8, 4) is 5.75 Å². The molecule has 1 aliphatic rings. The summed E-state index contributed by atoms with van der Waals surface area (Å²) in [6.07, 6.45) is 1.22. The van der Waals surface area contributed by atoms with Gasteiger partial charge in [0.05, 0.1) is 10.4 Å². The topological polar surface area (TPSA) is 46.6 Å². The number of halogens is 2. The van der Waals surface area contributed by atoms with E-state index in [4.69, 9.17) is 27.9 Å². The molecule has 4 nitrogen and oxygen atoms in total. The average Bonchev–Trinajstić information content (AvgIpc) is 2.67. The van der Waals surface area contributed by atoms with Crippen LogP contribution in [0, 0.1) is 6.92 Å². The van der Waals surface area contributed by atoms with E-state index in [0.29, 0.717) is 41.7 Å². The third-order valence-electron chi connectivity index (χ3n) is 5.55. The molecule has 0 spiro atoms. The summed E-state index contributed by atoms with van der Waals surface area (Å²) in [7, 11) is 0. The Morgan fingerprint density at radius 1 is 1.11 bits per heavy atom. The van der Waals surface area contributed by atoms with Crippen molar-refractivity contribution in [2.45, 2.75) is 32.1 Å². The van der Waals surface area contributed by atoms with Crippen LogP contribution in [0.1, 0.15) is 30.9 Å². The van der Waals surface area contributed by atoms with Crippen molar-refractivity contribution in [3.63, 3.8) is 0 Å². The van der Waals surface area contributed by atoms with Crippen LogP contribution in [0.5, 0.6) is 5.75 Å². The van der Waals surface area contributed by atoms with E-state index in [9.17, 15) is 9.59 Å². The highest BCUT2D eigenvalue weighted by Gasteiger charge is 2.42. The normalized spacial score (nSPS) is 15.9. The Bertz CT molecular complexity index is 889. The number of hydrogen-bond acceptors (Lipinski definition) is 3. The predicted octanol–water partition coefficient (Wildman–Crippen LogP) is 4.83. The highest BCUT2D eigenvalue weighted by Crippen LogP contribution is 2.38. The lowest BCUT2D eigenvalue weighted by molar-refractivity contribution is -0.137. The van der Waals surface area contributed by atoms with Crippen LogP contribution in [0.15, 0.2) is 42.5 Å². The second-order valence-corrected chi connectivity index (χ2v) is 8.04. The molecule has 1 saturated heterocycles. The Labute approximate surface area is 175 Å². The number of likely N-dealkylation sites (tertiary alicyclic amines) is 1. The maximum Gasteiger partial charge on any atom is 0.260 e. The van der Waals surface area contributed by atoms with Gasteiger partial charge in [0.2, 0.25) is 0 Å². The highest BCUT2D eigenvalue weighted by molar-refractivity contribution is 6.35. The first kappa shape index (κ1) is 20.7. The summed E-state index contributed by atoms with van der Waals surface area (Å²) in [5.74, 6) is 0.459. The molecule has 0 N–H and O–H groups in total. The van der Waals surface area contributed by atoms with E-state index >= 15 is 0 Å². The zero-order valence-electron chi connectivity index (χ0n) is 16.0. The molecule has 1 aliphatic heterocycles. The monoisotopic (exact) mass is 419 g/mol. The molecule has 148 valence electrons. The molecule has 0 unspecified atom stereocenters. The number of aryl methyl sites for hydroxylation is 1. The van der Waals surface area contributed by atoms with Gasteiger partial charge in [0.25, 0.3) is 5.91 Å². The Balaban J connectivity index is 1.65. The molecule has 0 aliphatic carbocycles. The van der Waals surface area contributed by atoms with Gasteiger partial charge in [-0.15, -0.1) is 0 Å². The van der Waals surface area contributed by atoms with E-state index in [1.54, 1.807) is 30.0 Å². The molecule has 0 atom stereocenters. The number of ketones is 1. The van der Waals surface area contributed by atoms with Gasteiger partial charge in [0.1, 0.15) is 11.5 Å². The molecule has 1 heterocycles. The van der Waals surface area contributed by atoms with Crippen LogP contribution in [0.4, 0.5) is 0 Å². The van der Waals surface area contributed by atoms with Crippen molar-refractivity contribution in [1.29, 1.82) is 0 Å². The number of Topliss-reactive ketones (excluding diaryl/α,β-unsaturated/α-hetero) is 1. The van der Waals surface area contributed by atoms with Crippen molar-refractivity contribution >= 4 is 34.9 Å². The summed E-state index contributed by atoms with van der Waals surface area (Å²) >= 11 is 12.0. The number of benzene rings is 2. The van der Waals surface area contributed by atoms with Gasteiger partial charge >= 0.3 is 0 Å². The molecule has 6 heteroatoms. The number of carbonyl (C=O) groups excluding carboxylic acids is 2. The van der Waals surface area contributed by atoms with Gasteiger partial charge in [-0.3, -0.25) is 9.59 Å². The fourth-order valence-corrected chi connectivity index (χ4v) is 4.34. The molecule has 28 heavy (non-hydrogen) atoms. The summed E-state index contributed by atoms with van der Waals surface area (Å²) in [6, 6.07) is 12.9. The quantitative estimate of drug-likeness (QED) is 0.696. The first-order valence-electron chi connectivity index (χ1n) is 9.26. The zero-order valence-corrected chi connectivity index (χ0v) is 17.5. The van der Waals surface area contributed by atoms with Crippen molar-refractivity contribution in [2.24, 2.45) is 0 Å². The van der Waals surface area contributed by atoms with Crippen molar-refractivity contribution in [3.05, 3.63) is 63.6 Å². The minimum atomic E-state index is -0.525. The van der Waals surface area contributed by atoms with Crippen LogP contribution >= 0.6 is 23.2 Å². The lowest BCUT2D eigenvalue weighted by atomic mass is 9.69. The van der Waals surface area contributed by atoms with Crippen molar-refractivity contribution in [2.75, 3.05) is 19.7 Å². The largest absolute Gasteiger partial charge is 0.482 e. The second-order valence-electron chi connectivity index (χ2n) is 7.20. The number of rotatable bonds is 5.